The summed E-state index contributed by atoms with van der Waals surface area (Å²) in [6.07, 6.45) is 3.83. The average Bonchev–Trinajstić information content (AvgIpc) is 2.74. The van der Waals surface area contributed by atoms with E-state index in [0.717, 1.165) is 49.9 Å². The minimum atomic E-state index is -0.291. The van der Waals surface area contributed by atoms with E-state index in [1.165, 1.54) is 6.92 Å². The number of para-hydroxylation sites is 1. The van der Waals surface area contributed by atoms with Crippen LogP contribution in [-0.2, 0) is 9.53 Å². The molecule has 4 aromatic rings. The maximum atomic E-state index is 11.0. The molecule has 0 fully saturated rings. The minimum absolute atomic E-state index is 0.246. The number of aromatic nitrogens is 1. The molecule has 1 aliphatic rings. The van der Waals surface area contributed by atoms with Gasteiger partial charge in [-0.15, -0.1) is 0 Å². The molecular weight excluding hydrogens is 396 g/mol. The van der Waals surface area contributed by atoms with Gasteiger partial charge < -0.3 is 9.64 Å². The molecule has 2 heterocycles. The number of halogens is 1. The molecule has 0 spiro atoms. The smallest absolute Gasteiger partial charge is 0.302 e. The number of pyridine rings is 1. The van der Waals surface area contributed by atoms with E-state index in [4.69, 9.17) is 21.3 Å². The Bertz CT molecular complexity index is 1360. The summed E-state index contributed by atoms with van der Waals surface area (Å²) >= 11 is 6.33. The van der Waals surface area contributed by atoms with Crippen molar-refractivity contribution < 1.29 is 9.53 Å². The highest BCUT2D eigenvalue weighted by Crippen LogP contribution is 2.48. The maximum absolute atomic E-state index is 11.0. The van der Waals surface area contributed by atoms with E-state index in [-0.39, 0.29) is 12.6 Å². The summed E-state index contributed by atoms with van der Waals surface area (Å²) in [6.45, 7) is 1.65. The third-order valence-electron chi connectivity index (χ3n) is 5.43. The first-order chi connectivity index (χ1) is 14.5. The highest BCUT2D eigenvalue weighted by Gasteiger charge is 2.25. The topological polar surface area (TPSA) is 42.4 Å². The summed E-state index contributed by atoms with van der Waals surface area (Å²) in [5.74, 6) is -0.291. The number of benzene rings is 3. The zero-order chi connectivity index (χ0) is 20.8. The lowest BCUT2D eigenvalue weighted by atomic mass is 9.92. The number of hydrogen-bond donors (Lipinski definition) is 0. The van der Waals surface area contributed by atoms with Gasteiger partial charge in [-0.25, -0.2) is 4.98 Å². The Morgan fingerprint density at radius 3 is 2.77 bits per heavy atom. The highest BCUT2D eigenvalue weighted by molar-refractivity contribution is 6.32. The second-order valence-electron chi connectivity index (χ2n) is 7.37. The van der Waals surface area contributed by atoms with Crippen molar-refractivity contribution in [2.24, 2.45) is 0 Å². The number of carbonyl (C=O) groups excluding carboxylic acids is 1. The molecule has 0 radical (unpaired) electrons. The van der Waals surface area contributed by atoms with Crippen LogP contribution in [0.1, 0.15) is 12.5 Å². The quantitative estimate of drug-likeness (QED) is 0.288. The van der Waals surface area contributed by atoms with E-state index in [1.54, 1.807) is 0 Å². The van der Waals surface area contributed by atoms with Crippen molar-refractivity contribution in [3.8, 4) is 11.3 Å². The zero-order valence-electron chi connectivity index (χ0n) is 16.6. The van der Waals surface area contributed by atoms with Crippen LogP contribution in [0.5, 0.6) is 0 Å². The van der Waals surface area contributed by atoms with Crippen LogP contribution >= 0.6 is 11.6 Å². The van der Waals surface area contributed by atoms with E-state index < -0.39 is 0 Å². The fourth-order valence-electron chi connectivity index (χ4n) is 4.11. The molecule has 1 aromatic heterocycles. The van der Waals surface area contributed by atoms with Gasteiger partial charge in [0, 0.05) is 35.3 Å². The van der Waals surface area contributed by atoms with Crippen LogP contribution in [0.3, 0.4) is 0 Å². The van der Waals surface area contributed by atoms with Gasteiger partial charge >= 0.3 is 5.97 Å². The van der Waals surface area contributed by atoms with Gasteiger partial charge in [0.05, 0.1) is 22.6 Å². The lowest BCUT2D eigenvalue weighted by Gasteiger charge is -2.30. The van der Waals surface area contributed by atoms with Crippen LogP contribution in [0.25, 0.3) is 39.0 Å². The minimum Gasteiger partial charge on any atom is -0.462 e. The largest absolute Gasteiger partial charge is 0.462 e. The van der Waals surface area contributed by atoms with E-state index >= 15 is 0 Å². The van der Waals surface area contributed by atoms with Gasteiger partial charge in [0.25, 0.3) is 0 Å². The number of anilines is 2. The number of carbonyl (C=O) groups is 1. The molecule has 5 heteroatoms. The Labute approximate surface area is 179 Å². The van der Waals surface area contributed by atoms with E-state index in [9.17, 15) is 4.79 Å². The van der Waals surface area contributed by atoms with Crippen molar-refractivity contribution >= 4 is 56.7 Å². The summed E-state index contributed by atoms with van der Waals surface area (Å²) < 4.78 is 5.03. The predicted molar refractivity (Wildman–Crippen MR) is 123 cm³/mol. The monoisotopic (exact) mass is 414 g/mol. The van der Waals surface area contributed by atoms with E-state index in [2.05, 4.69) is 36.2 Å². The van der Waals surface area contributed by atoms with Crippen molar-refractivity contribution in [2.75, 3.05) is 18.6 Å². The van der Waals surface area contributed by atoms with Crippen molar-refractivity contribution in [3.05, 3.63) is 71.3 Å². The second-order valence-corrected chi connectivity index (χ2v) is 7.80. The number of fused-ring (bicyclic) bond motifs is 4. The Morgan fingerprint density at radius 1 is 1.10 bits per heavy atom. The number of hydrogen-bond acceptors (Lipinski definition) is 4. The molecule has 1 aliphatic heterocycles. The first-order valence-corrected chi connectivity index (χ1v) is 10.1. The summed E-state index contributed by atoms with van der Waals surface area (Å²) in [4.78, 5) is 18.2. The number of rotatable bonds is 3. The summed E-state index contributed by atoms with van der Waals surface area (Å²) in [7, 11) is 2.07. The summed E-state index contributed by atoms with van der Waals surface area (Å²) in [5, 5.41) is 3.92. The fourth-order valence-corrected chi connectivity index (χ4v) is 4.28. The molecule has 5 rings (SSSR count). The average molecular weight is 415 g/mol. The Morgan fingerprint density at radius 2 is 1.93 bits per heavy atom. The number of nitrogens with zero attached hydrogens (tertiary/aromatic N) is 2. The van der Waals surface area contributed by atoms with Crippen LogP contribution in [0, 0.1) is 0 Å². The van der Waals surface area contributed by atoms with Crippen LogP contribution in [0.4, 0.5) is 11.4 Å². The van der Waals surface area contributed by atoms with E-state index in [1.807, 2.05) is 42.5 Å². The Balaban J connectivity index is 1.81. The zero-order valence-corrected chi connectivity index (χ0v) is 17.4. The molecule has 0 bridgehead atoms. The first-order valence-electron chi connectivity index (χ1n) is 9.73. The molecule has 148 valence electrons. The van der Waals surface area contributed by atoms with Gasteiger partial charge in [0.1, 0.15) is 6.61 Å². The molecule has 3 aromatic carbocycles. The van der Waals surface area contributed by atoms with Crippen LogP contribution in [-0.4, -0.2) is 24.6 Å². The standard InChI is InChI=1S/C25H19ClN2O2/c1-15(29)30-11-5-6-16-12-20-19-14-17(26)9-10-21(19)27-25-18-7-3-4-8-22(18)28(2)23(13-16)24(20)25/h3-10,12-14H,11H2,1-2H3. The van der Waals surface area contributed by atoms with Crippen LogP contribution < -0.4 is 4.90 Å². The second kappa shape index (κ2) is 7.15. The Kier molecular flexibility index (Phi) is 4.44. The van der Waals surface area contributed by atoms with Crippen molar-refractivity contribution in [1.82, 2.24) is 4.98 Å². The van der Waals surface area contributed by atoms with Crippen LogP contribution in [0.2, 0.25) is 5.02 Å². The lowest BCUT2D eigenvalue weighted by Crippen LogP contribution is -2.15. The summed E-state index contributed by atoms with van der Waals surface area (Å²) in [5.41, 5.74) is 6.24. The predicted octanol–water partition coefficient (Wildman–Crippen LogP) is 6.37. The van der Waals surface area contributed by atoms with E-state index in [0.29, 0.717) is 5.02 Å². The SMILES string of the molecule is CC(=O)OCC=Cc1cc2c3c(nc4ccc(Cl)cc4c3c1)-c1ccccc1N2C. The van der Waals surface area contributed by atoms with Crippen molar-refractivity contribution in [1.29, 1.82) is 0 Å². The molecule has 0 saturated heterocycles. The highest BCUT2D eigenvalue weighted by atomic mass is 35.5. The van der Waals surface area contributed by atoms with Gasteiger partial charge in [-0.3, -0.25) is 4.79 Å². The summed E-state index contributed by atoms with van der Waals surface area (Å²) in [6, 6.07) is 18.4. The molecule has 0 saturated carbocycles. The van der Waals surface area contributed by atoms with Gasteiger partial charge in [-0.1, -0.05) is 35.9 Å². The van der Waals surface area contributed by atoms with Crippen molar-refractivity contribution in [2.45, 2.75) is 6.92 Å². The molecule has 0 unspecified atom stereocenters. The van der Waals surface area contributed by atoms with Crippen molar-refractivity contribution in [3.63, 3.8) is 0 Å². The van der Waals surface area contributed by atoms with Crippen LogP contribution in [0.15, 0.2) is 60.7 Å². The maximum Gasteiger partial charge on any atom is 0.302 e. The third kappa shape index (κ3) is 3.01. The van der Waals surface area contributed by atoms with Gasteiger partial charge in [-0.05, 0) is 53.4 Å². The number of ether oxygens (including phenoxy) is 1. The Hall–Kier alpha value is -3.37. The van der Waals surface area contributed by atoms with Gasteiger partial charge in [-0.2, -0.15) is 0 Å². The molecular formula is C25H19ClN2O2. The fraction of sp³-hybridized carbons (Fsp3) is 0.120. The molecule has 0 amide bonds. The molecule has 0 aliphatic carbocycles. The molecule has 4 nitrogen and oxygen atoms in total. The van der Waals surface area contributed by atoms with Gasteiger partial charge in [0.15, 0.2) is 0 Å². The molecule has 30 heavy (non-hydrogen) atoms. The van der Waals surface area contributed by atoms with Gasteiger partial charge in [0.2, 0.25) is 0 Å². The lowest BCUT2D eigenvalue weighted by molar-refractivity contribution is -0.139. The molecule has 0 N–H and O–H groups in total. The third-order valence-corrected chi connectivity index (χ3v) is 5.67. The number of esters is 1. The molecule has 0 atom stereocenters. The first kappa shape index (κ1) is 18.6. The normalized spacial score (nSPS) is 12.6.